The molecular formula is C13H22N2O. The summed E-state index contributed by atoms with van der Waals surface area (Å²) in [5.41, 5.74) is 0.950. The molecule has 1 aromatic heterocycles. The average Bonchev–Trinajstić information content (AvgIpc) is 2.28. The van der Waals surface area contributed by atoms with Crippen LogP contribution in [0.15, 0.2) is 18.3 Å². The molecular weight excluding hydrogens is 200 g/mol. The van der Waals surface area contributed by atoms with Crippen LogP contribution in [0.4, 0.5) is 5.82 Å². The van der Waals surface area contributed by atoms with Crippen LogP contribution in [-0.2, 0) is 0 Å². The van der Waals surface area contributed by atoms with Gasteiger partial charge in [-0.05, 0) is 38.8 Å². The molecule has 0 amide bonds. The van der Waals surface area contributed by atoms with E-state index in [2.05, 4.69) is 30.7 Å². The van der Waals surface area contributed by atoms with Gasteiger partial charge in [-0.25, -0.2) is 4.98 Å². The average molecular weight is 222 g/mol. The van der Waals surface area contributed by atoms with E-state index >= 15 is 0 Å². The molecule has 3 nitrogen and oxygen atoms in total. The molecule has 0 aliphatic rings. The van der Waals surface area contributed by atoms with Crippen LogP contribution in [0.25, 0.3) is 0 Å². The number of aliphatic hydroxyl groups excluding tert-OH is 1. The number of aliphatic hydroxyl groups is 1. The minimum atomic E-state index is -0.453. The first-order valence-corrected chi connectivity index (χ1v) is 5.76. The number of nitrogens with zero attached hydrogens (tertiary/aromatic N) is 2. The predicted octanol–water partition coefficient (Wildman–Crippen LogP) is 2.76. The Bertz CT molecular complexity index is 330. The Morgan fingerprint density at radius 2 is 2.06 bits per heavy atom. The van der Waals surface area contributed by atoms with E-state index < -0.39 is 6.10 Å². The summed E-state index contributed by atoms with van der Waals surface area (Å²) in [5.74, 6) is 0.941. The summed E-state index contributed by atoms with van der Waals surface area (Å²) in [6.07, 6.45) is 2.34. The largest absolute Gasteiger partial charge is 0.389 e. The third-order valence-corrected chi connectivity index (χ3v) is 3.37. The van der Waals surface area contributed by atoms with Gasteiger partial charge < -0.3 is 10.0 Å². The van der Waals surface area contributed by atoms with E-state index in [1.807, 2.05) is 19.2 Å². The first-order chi connectivity index (χ1) is 7.38. The van der Waals surface area contributed by atoms with Gasteiger partial charge >= 0.3 is 0 Å². The van der Waals surface area contributed by atoms with Gasteiger partial charge in [0.1, 0.15) is 5.82 Å². The summed E-state index contributed by atoms with van der Waals surface area (Å²) < 4.78 is 0. The van der Waals surface area contributed by atoms with E-state index in [4.69, 9.17) is 0 Å². The van der Waals surface area contributed by atoms with Gasteiger partial charge in [-0.3, -0.25) is 0 Å². The zero-order valence-corrected chi connectivity index (χ0v) is 10.9. The minimum absolute atomic E-state index is 0.0966. The first kappa shape index (κ1) is 13.0. The lowest BCUT2D eigenvalue weighted by molar-refractivity contribution is 0.199. The molecule has 0 aromatic carbocycles. The zero-order chi connectivity index (χ0) is 12.3. The third kappa shape index (κ3) is 2.73. The summed E-state index contributed by atoms with van der Waals surface area (Å²) in [6, 6.07) is 3.88. The molecule has 1 heterocycles. The summed E-state index contributed by atoms with van der Waals surface area (Å²) in [7, 11) is 2.05. The van der Waals surface area contributed by atoms with Crippen molar-refractivity contribution in [1.29, 1.82) is 0 Å². The number of hydrogen-bond acceptors (Lipinski definition) is 3. The zero-order valence-electron chi connectivity index (χ0n) is 10.9. The minimum Gasteiger partial charge on any atom is -0.389 e. The van der Waals surface area contributed by atoms with Crippen molar-refractivity contribution in [1.82, 2.24) is 4.98 Å². The first-order valence-electron chi connectivity index (χ1n) is 5.76. The number of hydrogen-bond donors (Lipinski definition) is 1. The van der Waals surface area contributed by atoms with Crippen molar-refractivity contribution in [2.75, 3.05) is 11.9 Å². The molecule has 90 valence electrons. The molecule has 0 bridgehead atoms. The van der Waals surface area contributed by atoms with Crippen molar-refractivity contribution in [2.45, 2.75) is 45.8 Å². The van der Waals surface area contributed by atoms with E-state index in [9.17, 15) is 5.11 Å². The molecule has 0 aliphatic carbocycles. The van der Waals surface area contributed by atoms with Crippen LogP contribution >= 0.6 is 0 Å². The molecule has 1 unspecified atom stereocenters. The van der Waals surface area contributed by atoms with E-state index in [0.717, 1.165) is 17.8 Å². The quantitative estimate of drug-likeness (QED) is 0.851. The maximum absolute atomic E-state index is 9.41. The highest BCUT2D eigenvalue weighted by molar-refractivity contribution is 5.41. The second kappa shape index (κ2) is 4.83. The molecule has 1 N–H and O–H groups in total. The Morgan fingerprint density at radius 3 is 2.44 bits per heavy atom. The van der Waals surface area contributed by atoms with Gasteiger partial charge in [0.2, 0.25) is 0 Å². The van der Waals surface area contributed by atoms with Crippen molar-refractivity contribution < 1.29 is 5.11 Å². The van der Waals surface area contributed by atoms with Gasteiger partial charge in [-0.1, -0.05) is 13.0 Å². The van der Waals surface area contributed by atoms with Crippen LogP contribution in [0.2, 0.25) is 0 Å². The Morgan fingerprint density at radius 1 is 1.44 bits per heavy atom. The summed E-state index contributed by atoms with van der Waals surface area (Å²) in [4.78, 5) is 6.55. The molecule has 16 heavy (non-hydrogen) atoms. The smallest absolute Gasteiger partial charge is 0.128 e. The highest BCUT2D eigenvalue weighted by atomic mass is 16.3. The SMILES string of the molecule is CCC(C)(C)N(C)c1ccc(C(C)O)cn1. The van der Waals surface area contributed by atoms with E-state index in [1.54, 1.807) is 13.1 Å². The molecule has 0 aliphatic heterocycles. The van der Waals surface area contributed by atoms with Gasteiger partial charge in [0.25, 0.3) is 0 Å². The van der Waals surface area contributed by atoms with Crippen LogP contribution in [0, 0.1) is 0 Å². The lowest BCUT2D eigenvalue weighted by Gasteiger charge is -2.35. The third-order valence-electron chi connectivity index (χ3n) is 3.37. The lowest BCUT2D eigenvalue weighted by Crippen LogP contribution is -2.41. The number of rotatable bonds is 4. The molecule has 0 saturated carbocycles. The maximum atomic E-state index is 9.41. The van der Waals surface area contributed by atoms with Crippen molar-refractivity contribution in [3.8, 4) is 0 Å². The normalized spacial score (nSPS) is 13.6. The van der Waals surface area contributed by atoms with Crippen molar-refractivity contribution in [3.63, 3.8) is 0 Å². The van der Waals surface area contributed by atoms with E-state index in [1.165, 1.54) is 0 Å². The standard InChI is InChI=1S/C13H22N2O/c1-6-13(3,4)15(5)12-8-7-11(9-14-12)10(2)16/h7-10,16H,6H2,1-5H3. The van der Waals surface area contributed by atoms with Crippen LogP contribution in [-0.4, -0.2) is 22.7 Å². The monoisotopic (exact) mass is 222 g/mol. The Kier molecular flexibility index (Phi) is 3.92. The van der Waals surface area contributed by atoms with E-state index in [-0.39, 0.29) is 5.54 Å². The molecule has 0 saturated heterocycles. The number of pyridine rings is 1. The fourth-order valence-electron chi connectivity index (χ4n) is 1.39. The highest BCUT2D eigenvalue weighted by Crippen LogP contribution is 2.23. The van der Waals surface area contributed by atoms with Gasteiger partial charge in [0.15, 0.2) is 0 Å². The van der Waals surface area contributed by atoms with Gasteiger partial charge in [-0.2, -0.15) is 0 Å². The fraction of sp³-hybridized carbons (Fsp3) is 0.615. The fourth-order valence-corrected chi connectivity index (χ4v) is 1.39. The van der Waals surface area contributed by atoms with Crippen molar-refractivity contribution in [2.24, 2.45) is 0 Å². The summed E-state index contributed by atoms with van der Waals surface area (Å²) >= 11 is 0. The van der Waals surface area contributed by atoms with Crippen LogP contribution in [0.5, 0.6) is 0 Å². The van der Waals surface area contributed by atoms with Gasteiger partial charge in [0.05, 0.1) is 6.10 Å². The maximum Gasteiger partial charge on any atom is 0.128 e. The second-order valence-corrected chi connectivity index (χ2v) is 4.85. The van der Waals surface area contributed by atoms with E-state index in [0.29, 0.717) is 0 Å². The molecule has 1 rings (SSSR count). The Hall–Kier alpha value is -1.09. The molecule has 0 spiro atoms. The molecule has 1 atom stereocenters. The van der Waals surface area contributed by atoms with Crippen molar-refractivity contribution in [3.05, 3.63) is 23.9 Å². The Labute approximate surface area is 98.1 Å². The highest BCUT2D eigenvalue weighted by Gasteiger charge is 2.22. The Balaban J connectivity index is 2.90. The predicted molar refractivity (Wildman–Crippen MR) is 67.6 cm³/mol. The molecule has 3 heteroatoms. The molecule has 1 aromatic rings. The van der Waals surface area contributed by atoms with Gasteiger partial charge in [0, 0.05) is 18.8 Å². The van der Waals surface area contributed by atoms with Crippen molar-refractivity contribution >= 4 is 5.82 Å². The topological polar surface area (TPSA) is 36.4 Å². The lowest BCUT2D eigenvalue weighted by atomic mass is 10.00. The van der Waals surface area contributed by atoms with Crippen LogP contribution in [0.1, 0.15) is 45.8 Å². The van der Waals surface area contributed by atoms with Gasteiger partial charge in [-0.15, -0.1) is 0 Å². The second-order valence-electron chi connectivity index (χ2n) is 4.85. The number of aromatic nitrogens is 1. The number of anilines is 1. The van der Waals surface area contributed by atoms with Crippen LogP contribution in [0.3, 0.4) is 0 Å². The summed E-state index contributed by atoms with van der Waals surface area (Å²) in [6.45, 7) is 8.30. The summed E-state index contributed by atoms with van der Waals surface area (Å²) in [5, 5.41) is 9.41. The molecule has 0 fully saturated rings. The van der Waals surface area contributed by atoms with Crippen LogP contribution < -0.4 is 4.90 Å². The molecule has 0 radical (unpaired) electrons.